The number of anilines is 1. The first-order valence-electron chi connectivity index (χ1n) is 7.17. The van der Waals surface area contributed by atoms with E-state index in [9.17, 15) is 4.79 Å². The summed E-state index contributed by atoms with van der Waals surface area (Å²) < 4.78 is 10.4. The van der Waals surface area contributed by atoms with Crippen molar-refractivity contribution in [1.82, 2.24) is 0 Å². The summed E-state index contributed by atoms with van der Waals surface area (Å²) in [4.78, 5) is 12.1. The molecule has 23 heavy (non-hydrogen) atoms. The highest BCUT2D eigenvalue weighted by Gasteiger charge is 2.09. The second-order valence-electron chi connectivity index (χ2n) is 4.89. The van der Waals surface area contributed by atoms with Crippen molar-refractivity contribution in [2.45, 2.75) is 12.8 Å². The van der Waals surface area contributed by atoms with E-state index in [1.165, 1.54) is 0 Å². The highest BCUT2D eigenvalue weighted by atomic mass is 16.5. The Balaban J connectivity index is 1.98. The topological polar surface area (TPSA) is 71.3 Å². The monoisotopic (exact) mass is 310 g/mol. The normalized spacial score (nSPS) is 9.78. The summed E-state index contributed by atoms with van der Waals surface area (Å²) >= 11 is 0. The number of para-hydroxylation sites is 1. The second kappa shape index (κ2) is 7.85. The summed E-state index contributed by atoms with van der Waals surface area (Å²) in [6, 6.07) is 14.6. The van der Waals surface area contributed by atoms with Gasteiger partial charge in [0.2, 0.25) is 5.91 Å². The molecule has 5 heteroatoms. The number of ether oxygens (including phenoxy) is 2. The molecule has 1 N–H and O–H groups in total. The van der Waals surface area contributed by atoms with E-state index in [4.69, 9.17) is 14.7 Å². The number of aryl methyl sites for hydroxylation is 1. The molecule has 0 fully saturated rings. The van der Waals surface area contributed by atoms with Gasteiger partial charge in [-0.3, -0.25) is 4.79 Å². The van der Waals surface area contributed by atoms with Gasteiger partial charge in [-0.05, 0) is 36.2 Å². The number of hydrogen-bond acceptors (Lipinski definition) is 4. The molecule has 2 aromatic carbocycles. The summed E-state index contributed by atoms with van der Waals surface area (Å²) in [7, 11) is 3.16. The largest absolute Gasteiger partial charge is 0.493 e. The van der Waals surface area contributed by atoms with Crippen LogP contribution in [0.5, 0.6) is 11.5 Å². The number of carbonyl (C=O) groups excluding carboxylic acids is 1. The molecule has 5 nitrogen and oxygen atoms in total. The van der Waals surface area contributed by atoms with Gasteiger partial charge in [0.15, 0.2) is 11.5 Å². The van der Waals surface area contributed by atoms with Crippen molar-refractivity contribution in [3.05, 3.63) is 53.6 Å². The molecule has 0 atom stereocenters. The van der Waals surface area contributed by atoms with E-state index in [2.05, 4.69) is 11.4 Å². The van der Waals surface area contributed by atoms with Gasteiger partial charge in [-0.1, -0.05) is 18.2 Å². The number of methoxy groups -OCH3 is 2. The SMILES string of the molecule is COc1ccc(CCC(=O)Nc2ccccc2C#N)cc1OC. The first-order chi connectivity index (χ1) is 11.2. The highest BCUT2D eigenvalue weighted by molar-refractivity contribution is 5.92. The van der Waals surface area contributed by atoms with Gasteiger partial charge in [-0.2, -0.15) is 5.26 Å². The maximum atomic E-state index is 12.1. The summed E-state index contributed by atoms with van der Waals surface area (Å²) in [5.41, 5.74) is 1.96. The maximum absolute atomic E-state index is 12.1. The third-order valence-electron chi connectivity index (χ3n) is 3.41. The van der Waals surface area contributed by atoms with Gasteiger partial charge in [0.25, 0.3) is 0 Å². The van der Waals surface area contributed by atoms with Gasteiger partial charge in [-0.15, -0.1) is 0 Å². The Morgan fingerprint density at radius 2 is 1.87 bits per heavy atom. The van der Waals surface area contributed by atoms with Gasteiger partial charge >= 0.3 is 0 Å². The smallest absolute Gasteiger partial charge is 0.224 e. The number of nitrogens with one attached hydrogen (secondary N) is 1. The lowest BCUT2D eigenvalue weighted by atomic mass is 10.1. The number of amides is 1. The standard InChI is InChI=1S/C18H18N2O3/c1-22-16-9-7-13(11-17(16)23-2)8-10-18(21)20-15-6-4-3-5-14(15)12-19/h3-7,9,11H,8,10H2,1-2H3,(H,20,21). The average molecular weight is 310 g/mol. The second-order valence-corrected chi connectivity index (χ2v) is 4.89. The number of nitriles is 1. The minimum atomic E-state index is -0.137. The molecule has 0 aromatic heterocycles. The molecule has 0 radical (unpaired) electrons. The number of hydrogen-bond donors (Lipinski definition) is 1. The zero-order valence-electron chi connectivity index (χ0n) is 13.1. The van der Waals surface area contributed by atoms with Crippen molar-refractivity contribution < 1.29 is 14.3 Å². The van der Waals surface area contributed by atoms with E-state index < -0.39 is 0 Å². The van der Waals surface area contributed by atoms with Crippen LogP contribution < -0.4 is 14.8 Å². The van der Waals surface area contributed by atoms with E-state index in [-0.39, 0.29) is 5.91 Å². The van der Waals surface area contributed by atoms with Gasteiger partial charge in [-0.25, -0.2) is 0 Å². The zero-order chi connectivity index (χ0) is 16.7. The lowest BCUT2D eigenvalue weighted by molar-refractivity contribution is -0.116. The summed E-state index contributed by atoms with van der Waals surface area (Å²) in [5.74, 6) is 1.16. The molecule has 0 unspecified atom stereocenters. The maximum Gasteiger partial charge on any atom is 0.224 e. The molecule has 0 aliphatic heterocycles. The Hall–Kier alpha value is -3.00. The molecule has 0 spiro atoms. The summed E-state index contributed by atoms with van der Waals surface area (Å²) in [5, 5.41) is 11.8. The van der Waals surface area contributed by atoms with Crippen LogP contribution in [0.3, 0.4) is 0 Å². The van der Waals surface area contributed by atoms with Gasteiger partial charge in [0, 0.05) is 6.42 Å². The predicted molar refractivity (Wildman–Crippen MR) is 87.7 cm³/mol. The van der Waals surface area contributed by atoms with E-state index in [0.717, 1.165) is 5.56 Å². The Labute approximate surface area is 135 Å². The van der Waals surface area contributed by atoms with E-state index in [0.29, 0.717) is 35.6 Å². The van der Waals surface area contributed by atoms with Gasteiger partial charge in [0.05, 0.1) is 25.5 Å². The average Bonchev–Trinajstić information content (AvgIpc) is 2.60. The third-order valence-corrected chi connectivity index (χ3v) is 3.41. The van der Waals surface area contributed by atoms with Gasteiger partial charge < -0.3 is 14.8 Å². The van der Waals surface area contributed by atoms with Crippen molar-refractivity contribution in [2.24, 2.45) is 0 Å². The summed E-state index contributed by atoms with van der Waals surface area (Å²) in [6.45, 7) is 0. The van der Waals surface area contributed by atoms with Crippen molar-refractivity contribution in [3.8, 4) is 17.6 Å². The van der Waals surface area contributed by atoms with Crippen molar-refractivity contribution in [2.75, 3.05) is 19.5 Å². The molecule has 2 rings (SSSR count). The summed E-state index contributed by atoms with van der Waals surface area (Å²) in [6.07, 6.45) is 0.885. The Morgan fingerprint density at radius 1 is 1.13 bits per heavy atom. The fourth-order valence-corrected chi connectivity index (χ4v) is 2.20. The first-order valence-corrected chi connectivity index (χ1v) is 7.17. The predicted octanol–water partition coefficient (Wildman–Crippen LogP) is 3.15. The molecule has 0 aliphatic carbocycles. The van der Waals surface area contributed by atoms with Crippen LogP contribution >= 0.6 is 0 Å². The molecule has 0 bridgehead atoms. The first kappa shape index (κ1) is 16.4. The van der Waals surface area contributed by atoms with Crippen molar-refractivity contribution in [3.63, 3.8) is 0 Å². The van der Waals surface area contributed by atoms with Crippen LogP contribution in [0, 0.1) is 11.3 Å². The minimum Gasteiger partial charge on any atom is -0.493 e. The van der Waals surface area contributed by atoms with Crippen LogP contribution in [0.4, 0.5) is 5.69 Å². The van der Waals surface area contributed by atoms with Crippen LogP contribution in [0.15, 0.2) is 42.5 Å². The Kier molecular flexibility index (Phi) is 5.59. The lowest BCUT2D eigenvalue weighted by Gasteiger charge is -2.10. The third kappa shape index (κ3) is 4.24. The van der Waals surface area contributed by atoms with Crippen LogP contribution in [-0.2, 0) is 11.2 Å². The fourth-order valence-electron chi connectivity index (χ4n) is 2.20. The van der Waals surface area contributed by atoms with Crippen molar-refractivity contribution in [1.29, 1.82) is 5.26 Å². The quantitative estimate of drug-likeness (QED) is 0.889. The molecule has 2 aromatic rings. The van der Waals surface area contributed by atoms with E-state index in [1.807, 2.05) is 18.2 Å². The number of nitrogens with zero attached hydrogens (tertiary/aromatic N) is 1. The molecule has 0 aliphatic rings. The lowest BCUT2D eigenvalue weighted by Crippen LogP contribution is -2.13. The number of carbonyl (C=O) groups is 1. The number of rotatable bonds is 6. The van der Waals surface area contributed by atoms with Crippen LogP contribution in [0.1, 0.15) is 17.5 Å². The minimum absolute atomic E-state index is 0.137. The van der Waals surface area contributed by atoms with Crippen LogP contribution in [0.2, 0.25) is 0 Å². The zero-order valence-corrected chi connectivity index (χ0v) is 13.1. The molecule has 0 saturated carbocycles. The Morgan fingerprint density at radius 3 is 2.57 bits per heavy atom. The Bertz CT molecular complexity index is 735. The van der Waals surface area contributed by atoms with E-state index >= 15 is 0 Å². The molecule has 118 valence electrons. The molecule has 0 heterocycles. The fraction of sp³-hybridized carbons (Fsp3) is 0.222. The van der Waals surface area contributed by atoms with E-state index in [1.54, 1.807) is 38.5 Å². The van der Waals surface area contributed by atoms with Crippen LogP contribution in [-0.4, -0.2) is 20.1 Å². The molecular formula is C18H18N2O3. The molecule has 0 saturated heterocycles. The molecule has 1 amide bonds. The highest BCUT2D eigenvalue weighted by Crippen LogP contribution is 2.28. The number of benzene rings is 2. The van der Waals surface area contributed by atoms with Crippen LogP contribution in [0.25, 0.3) is 0 Å². The van der Waals surface area contributed by atoms with Crippen molar-refractivity contribution >= 4 is 11.6 Å². The van der Waals surface area contributed by atoms with Gasteiger partial charge in [0.1, 0.15) is 6.07 Å². The molecular weight excluding hydrogens is 292 g/mol.